The largest absolute Gasteiger partial charge is 0.493 e. The van der Waals surface area contributed by atoms with Crippen molar-refractivity contribution >= 4 is 11.3 Å². The molecule has 0 aliphatic carbocycles. The average molecular weight is 343 g/mol. The number of hydrogen-bond acceptors (Lipinski definition) is 5. The molecule has 0 aliphatic heterocycles. The molecule has 0 spiro atoms. The number of benzene rings is 1. The van der Waals surface area contributed by atoms with E-state index in [4.69, 9.17) is 4.74 Å². The Morgan fingerprint density at radius 1 is 1.30 bits per heavy atom. The average Bonchev–Trinajstić information content (AvgIpc) is 3.02. The lowest BCUT2D eigenvalue weighted by Gasteiger charge is -2.22. The standard InChI is InChI=1S/C16H19F2NO3S/c1-16(20,14-4-3-7-23-14)10-19-9-11-5-6-12(21-2)13(8-11)22-15(17)18/h3-8,15,19-20H,9-10H2,1-2H3. The Morgan fingerprint density at radius 3 is 2.70 bits per heavy atom. The smallest absolute Gasteiger partial charge is 0.387 e. The number of ether oxygens (including phenoxy) is 2. The predicted molar refractivity (Wildman–Crippen MR) is 85.2 cm³/mol. The second kappa shape index (κ2) is 7.72. The Bertz CT molecular complexity index is 618. The Kier molecular flexibility index (Phi) is 5.92. The summed E-state index contributed by atoms with van der Waals surface area (Å²) in [6.45, 7) is -0.437. The van der Waals surface area contributed by atoms with Gasteiger partial charge in [0.15, 0.2) is 11.5 Å². The highest BCUT2D eigenvalue weighted by molar-refractivity contribution is 7.10. The van der Waals surface area contributed by atoms with Gasteiger partial charge in [-0.15, -0.1) is 11.3 Å². The van der Waals surface area contributed by atoms with Gasteiger partial charge in [0.1, 0.15) is 5.60 Å². The Labute approximate surface area is 137 Å². The first-order chi connectivity index (χ1) is 10.9. The van der Waals surface area contributed by atoms with Gasteiger partial charge in [-0.05, 0) is 36.1 Å². The van der Waals surface area contributed by atoms with E-state index < -0.39 is 12.2 Å². The maximum atomic E-state index is 12.4. The highest BCUT2D eigenvalue weighted by Gasteiger charge is 2.23. The quantitative estimate of drug-likeness (QED) is 0.772. The van der Waals surface area contributed by atoms with Crippen LogP contribution in [0.1, 0.15) is 17.4 Å². The molecule has 2 N–H and O–H groups in total. The molecule has 2 aromatic rings. The first-order valence-electron chi connectivity index (χ1n) is 7.01. The first-order valence-corrected chi connectivity index (χ1v) is 7.89. The van der Waals surface area contributed by atoms with Crippen molar-refractivity contribution in [2.45, 2.75) is 25.7 Å². The van der Waals surface area contributed by atoms with E-state index in [1.807, 2.05) is 17.5 Å². The zero-order valence-corrected chi connectivity index (χ0v) is 13.7. The van der Waals surface area contributed by atoms with Gasteiger partial charge < -0.3 is 19.9 Å². The Balaban J connectivity index is 1.98. The summed E-state index contributed by atoms with van der Waals surface area (Å²) in [6, 6.07) is 8.58. The molecule has 0 saturated carbocycles. The number of aliphatic hydroxyl groups is 1. The van der Waals surface area contributed by atoms with Crippen molar-refractivity contribution < 1.29 is 23.4 Å². The summed E-state index contributed by atoms with van der Waals surface area (Å²) in [4.78, 5) is 0.862. The molecule has 2 rings (SSSR count). The van der Waals surface area contributed by atoms with Crippen molar-refractivity contribution in [1.29, 1.82) is 0 Å². The topological polar surface area (TPSA) is 50.7 Å². The number of nitrogens with one attached hydrogen (secondary N) is 1. The number of alkyl halides is 2. The fourth-order valence-electron chi connectivity index (χ4n) is 2.14. The monoisotopic (exact) mass is 343 g/mol. The molecule has 0 bridgehead atoms. The normalized spacial score (nSPS) is 13.8. The van der Waals surface area contributed by atoms with Crippen molar-refractivity contribution in [1.82, 2.24) is 5.32 Å². The van der Waals surface area contributed by atoms with Crippen molar-refractivity contribution in [3.63, 3.8) is 0 Å². The third kappa shape index (κ3) is 4.89. The summed E-state index contributed by atoms with van der Waals surface area (Å²) in [6.07, 6.45) is 0. The number of hydrogen-bond donors (Lipinski definition) is 2. The van der Waals surface area contributed by atoms with Gasteiger partial charge in [-0.25, -0.2) is 0 Å². The highest BCUT2D eigenvalue weighted by atomic mass is 32.1. The van der Waals surface area contributed by atoms with Gasteiger partial charge in [-0.3, -0.25) is 0 Å². The molecule has 0 saturated heterocycles. The molecule has 126 valence electrons. The van der Waals surface area contributed by atoms with Gasteiger partial charge in [0.2, 0.25) is 0 Å². The van der Waals surface area contributed by atoms with Crippen LogP contribution in [-0.2, 0) is 12.1 Å². The van der Waals surface area contributed by atoms with Crippen LogP contribution >= 0.6 is 11.3 Å². The number of rotatable bonds is 8. The molecule has 7 heteroatoms. The van der Waals surface area contributed by atoms with Crippen LogP contribution in [0.25, 0.3) is 0 Å². The van der Waals surface area contributed by atoms with E-state index >= 15 is 0 Å². The molecule has 1 aromatic heterocycles. The molecule has 0 fully saturated rings. The van der Waals surface area contributed by atoms with E-state index in [1.54, 1.807) is 19.1 Å². The summed E-state index contributed by atoms with van der Waals surface area (Å²) in [7, 11) is 1.39. The van der Waals surface area contributed by atoms with Crippen LogP contribution in [-0.4, -0.2) is 25.4 Å². The van der Waals surface area contributed by atoms with E-state index in [0.29, 0.717) is 13.1 Å². The van der Waals surface area contributed by atoms with E-state index in [1.165, 1.54) is 24.5 Å². The van der Waals surface area contributed by atoms with Crippen LogP contribution in [0.4, 0.5) is 8.78 Å². The third-order valence-corrected chi connectivity index (χ3v) is 4.42. The number of halogens is 2. The van der Waals surface area contributed by atoms with Gasteiger partial charge in [0.25, 0.3) is 0 Å². The minimum absolute atomic E-state index is 0.00758. The van der Waals surface area contributed by atoms with E-state index in [-0.39, 0.29) is 11.5 Å². The molecule has 1 aromatic carbocycles. The van der Waals surface area contributed by atoms with Gasteiger partial charge in [0.05, 0.1) is 7.11 Å². The fourth-order valence-corrected chi connectivity index (χ4v) is 2.93. The zero-order valence-electron chi connectivity index (χ0n) is 12.9. The van der Waals surface area contributed by atoms with Crippen molar-refractivity contribution in [3.8, 4) is 11.5 Å². The maximum Gasteiger partial charge on any atom is 0.387 e. The molecular formula is C16H19F2NO3S. The van der Waals surface area contributed by atoms with Gasteiger partial charge >= 0.3 is 6.61 Å². The molecule has 4 nitrogen and oxygen atoms in total. The fraction of sp³-hybridized carbons (Fsp3) is 0.375. The summed E-state index contributed by atoms with van der Waals surface area (Å²) in [5.41, 5.74) is -0.230. The molecule has 0 amide bonds. The Hall–Kier alpha value is -1.70. The highest BCUT2D eigenvalue weighted by Crippen LogP contribution is 2.29. The van der Waals surface area contributed by atoms with Gasteiger partial charge in [-0.2, -0.15) is 8.78 Å². The Morgan fingerprint density at radius 2 is 2.09 bits per heavy atom. The molecule has 0 aliphatic rings. The first kappa shape index (κ1) is 17.7. The van der Waals surface area contributed by atoms with Crippen molar-refractivity contribution in [2.75, 3.05) is 13.7 Å². The number of thiophene rings is 1. The minimum atomic E-state index is -2.91. The third-order valence-electron chi connectivity index (χ3n) is 3.29. The molecule has 23 heavy (non-hydrogen) atoms. The summed E-state index contributed by atoms with van der Waals surface area (Å²) in [5, 5.41) is 15.4. The summed E-state index contributed by atoms with van der Waals surface area (Å²) >= 11 is 1.48. The summed E-state index contributed by atoms with van der Waals surface area (Å²) < 4.78 is 34.3. The molecule has 1 atom stereocenters. The number of methoxy groups -OCH3 is 1. The van der Waals surface area contributed by atoms with E-state index in [9.17, 15) is 13.9 Å². The summed E-state index contributed by atoms with van der Waals surface area (Å²) in [5.74, 6) is 0.242. The molecule has 1 heterocycles. The zero-order chi connectivity index (χ0) is 16.9. The van der Waals surface area contributed by atoms with Crippen LogP contribution in [0.2, 0.25) is 0 Å². The van der Waals surface area contributed by atoms with Crippen molar-refractivity contribution in [3.05, 3.63) is 46.2 Å². The van der Waals surface area contributed by atoms with Crippen molar-refractivity contribution in [2.24, 2.45) is 0 Å². The van der Waals surface area contributed by atoms with Crippen LogP contribution in [0.3, 0.4) is 0 Å². The predicted octanol–water partition coefficient (Wildman–Crippen LogP) is 3.36. The molecular weight excluding hydrogens is 324 g/mol. The van der Waals surface area contributed by atoms with Gasteiger partial charge in [0, 0.05) is 18.0 Å². The minimum Gasteiger partial charge on any atom is -0.493 e. The van der Waals surface area contributed by atoms with E-state index in [0.717, 1.165) is 10.4 Å². The maximum absolute atomic E-state index is 12.4. The van der Waals surface area contributed by atoms with E-state index in [2.05, 4.69) is 10.1 Å². The van der Waals surface area contributed by atoms with Crippen LogP contribution in [0, 0.1) is 0 Å². The van der Waals surface area contributed by atoms with Gasteiger partial charge in [-0.1, -0.05) is 12.1 Å². The van der Waals surface area contributed by atoms with Crippen LogP contribution in [0.15, 0.2) is 35.7 Å². The second-order valence-electron chi connectivity index (χ2n) is 5.22. The lowest BCUT2D eigenvalue weighted by molar-refractivity contribution is -0.0512. The second-order valence-corrected chi connectivity index (χ2v) is 6.17. The lowest BCUT2D eigenvalue weighted by Crippen LogP contribution is -2.34. The van der Waals surface area contributed by atoms with Crippen LogP contribution in [0.5, 0.6) is 11.5 Å². The molecule has 0 radical (unpaired) electrons. The SMILES string of the molecule is COc1ccc(CNCC(C)(O)c2cccs2)cc1OC(F)F. The van der Waals surface area contributed by atoms with Crippen LogP contribution < -0.4 is 14.8 Å². The molecule has 1 unspecified atom stereocenters. The lowest BCUT2D eigenvalue weighted by atomic mass is 10.1.